The second kappa shape index (κ2) is 4.84. The van der Waals surface area contributed by atoms with Gasteiger partial charge in [0.2, 0.25) is 0 Å². The molecule has 0 N–H and O–H groups in total. The summed E-state index contributed by atoms with van der Waals surface area (Å²) in [5, 5.41) is -0.341. The Kier molecular flexibility index (Phi) is 4.40. The van der Waals surface area contributed by atoms with E-state index in [0.29, 0.717) is 8.55 Å². The summed E-state index contributed by atoms with van der Waals surface area (Å²) >= 11 is 14.3. The van der Waals surface area contributed by atoms with Crippen molar-refractivity contribution in [1.82, 2.24) is 0 Å². The molecule has 0 saturated carbocycles. The lowest BCUT2D eigenvalue weighted by Gasteiger charge is -2.08. The Bertz CT molecular complexity index is 462. The van der Waals surface area contributed by atoms with Gasteiger partial charge in [0.25, 0.3) is 0 Å². The first-order chi connectivity index (χ1) is 6.82. The summed E-state index contributed by atoms with van der Waals surface area (Å²) in [5.74, 6) is 0. The summed E-state index contributed by atoms with van der Waals surface area (Å²) in [6.45, 7) is 3.25. The normalized spacial score (nSPS) is 12.4. The molecule has 1 aromatic rings. The van der Waals surface area contributed by atoms with E-state index >= 15 is 0 Å². The number of thiophene rings is 1. The lowest BCUT2D eigenvalue weighted by Crippen LogP contribution is -2.14. The second-order valence-electron chi connectivity index (χ2n) is 3.10. The van der Waals surface area contributed by atoms with Gasteiger partial charge in [-0.15, -0.1) is 23.1 Å². The maximum Gasteiger partial charge on any atom is 0.184 e. The smallest absolute Gasteiger partial charge is 0.184 e. The van der Waals surface area contributed by atoms with Crippen LogP contribution >= 0.6 is 46.3 Å². The molecular formula is C8H10Cl2O2S3. The molecule has 7 heteroatoms. The lowest BCUT2D eigenvalue weighted by atomic mass is 10.6. The molecule has 15 heavy (non-hydrogen) atoms. The number of halogens is 2. The van der Waals surface area contributed by atoms with Gasteiger partial charge in [0.05, 0.1) is 14.5 Å². The molecule has 0 unspecified atom stereocenters. The number of thioether (sulfide) groups is 1. The van der Waals surface area contributed by atoms with Gasteiger partial charge in [-0.05, 0) is 20.1 Å². The molecule has 1 aromatic heterocycles. The van der Waals surface area contributed by atoms with Crippen molar-refractivity contribution in [1.29, 1.82) is 0 Å². The second-order valence-corrected chi connectivity index (χ2v) is 8.62. The minimum Gasteiger partial charge on any atom is -0.223 e. The van der Waals surface area contributed by atoms with Crippen molar-refractivity contribution in [3.8, 4) is 0 Å². The molecule has 0 saturated heterocycles. The van der Waals surface area contributed by atoms with E-state index in [1.165, 1.54) is 23.1 Å². The summed E-state index contributed by atoms with van der Waals surface area (Å²) in [6.07, 6.45) is 1.80. The van der Waals surface area contributed by atoms with Crippen LogP contribution in [0.15, 0.2) is 9.10 Å². The molecule has 86 valence electrons. The van der Waals surface area contributed by atoms with Crippen LogP contribution in [0.3, 0.4) is 0 Å². The van der Waals surface area contributed by atoms with E-state index in [0.717, 1.165) is 0 Å². The van der Waals surface area contributed by atoms with Gasteiger partial charge >= 0.3 is 0 Å². The maximum atomic E-state index is 12.0. The first kappa shape index (κ1) is 13.6. The van der Waals surface area contributed by atoms with Crippen LogP contribution in [0.25, 0.3) is 0 Å². The quantitative estimate of drug-likeness (QED) is 0.793. The molecule has 0 aliphatic carbocycles. The van der Waals surface area contributed by atoms with Gasteiger partial charge < -0.3 is 0 Å². The highest BCUT2D eigenvalue weighted by molar-refractivity contribution is 8.01. The molecule has 1 rings (SSSR count). The largest absolute Gasteiger partial charge is 0.223 e. The first-order valence-electron chi connectivity index (χ1n) is 4.08. The van der Waals surface area contributed by atoms with Crippen LogP contribution in [0.2, 0.25) is 9.36 Å². The van der Waals surface area contributed by atoms with Crippen molar-refractivity contribution in [2.24, 2.45) is 0 Å². The molecule has 0 bridgehead atoms. The van der Waals surface area contributed by atoms with E-state index < -0.39 is 15.1 Å². The van der Waals surface area contributed by atoms with E-state index in [1.54, 1.807) is 20.1 Å². The number of sulfone groups is 1. The fraction of sp³-hybridized carbons (Fsp3) is 0.500. The molecule has 0 amide bonds. The summed E-state index contributed by atoms with van der Waals surface area (Å²) in [6, 6.07) is 0. The molecule has 0 radical (unpaired) electrons. The molecule has 0 aliphatic rings. The van der Waals surface area contributed by atoms with Crippen LogP contribution in [0.4, 0.5) is 0 Å². The topological polar surface area (TPSA) is 34.1 Å². The zero-order valence-electron chi connectivity index (χ0n) is 8.37. The van der Waals surface area contributed by atoms with E-state index in [9.17, 15) is 8.42 Å². The van der Waals surface area contributed by atoms with Crippen LogP contribution in [0.1, 0.15) is 13.8 Å². The third-order valence-electron chi connectivity index (χ3n) is 1.83. The van der Waals surface area contributed by atoms with Gasteiger partial charge in [-0.25, -0.2) is 8.42 Å². The number of hydrogen-bond acceptors (Lipinski definition) is 4. The maximum absolute atomic E-state index is 12.0. The van der Waals surface area contributed by atoms with Crippen LogP contribution in [0, 0.1) is 0 Å². The first-order valence-corrected chi connectivity index (χ1v) is 8.42. The Balaban J connectivity index is 3.49. The van der Waals surface area contributed by atoms with Crippen LogP contribution < -0.4 is 0 Å². The van der Waals surface area contributed by atoms with Gasteiger partial charge in [-0.2, -0.15) is 0 Å². The highest BCUT2D eigenvalue weighted by atomic mass is 35.5. The van der Waals surface area contributed by atoms with Gasteiger partial charge in [0.15, 0.2) is 9.84 Å². The third-order valence-corrected chi connectivity index (χ3v) is 7.52. The van der Waals surface area contributed by atoms with Crippen molar-refractivity contribution in [3.63, 3.8) is 0 Å². The predicted molar refractivity (Wildman–Crippen MR) is 68.4 cm³/mol. The van der Waals surface area contributed by atoms with Gasteiger partial charge in [-0.1, -0.05) is 23.2 Å². The summed E-state index contributed by atoms with van der Waals surface area (Å²) in [5.41, 5.74) is 0. The zero-order chi connectivity index (χ0) is 11.8. The highest BCUT2D eigenvalue weighted by Crippen LogP contribution is 2.45. The SMILES string of the molecule is CSc1sc(Cl)c(Cl)c1S(=O)(=O)C(C)C. The number of rotatable bonds is 3. The van der Waals surface area contributed by atoms with Crippen LogP contribution in [-0.2, 0) is 9.84 Å². The van der Waals surface area contributed by atoms with Crippen LogP contribution in [-0.4, -0.2) is 19.9 Å². The average molecular weight is 305 g/mol. The Hall–Kier alpha value is 0.580. The van der Waals surface area contributed by atoms with Crippen LogP contribution in [0.5, 0.6) is 0 Å². The summed E-state index contributed by atoms with van der Waals surface area (Å²) in [7, 11) is -3.36. The van der Waals surface area contributed by atoms with Gasteiger partial charge in [0.1, 0.15) is 9.23 Å². The lowest BCUT2D eigenvalue weighted by molar-refractivity contribution is 0.586. The monoisotopic (exact) mass is 304 g/mol. The number of hydrogen-bond donors (Lipinski definition) is 0. The predicted octanol–water partition coefficient (Wildman–Crippen LogP) is 3.96. The Morgan fingerprint density at radius 1 is 1.33 bits per heavy atom. The van der Waals surface area contributed by atoms with Crippen molar-refractivity contribution in [2.45, 2.75) is 28.2 Å². The average Bonchev–Trinajstić information content (AvgIpc) is 2.43. The molecule has 0 spiro atoms. The molecule has 0 fully saturated rings. The highest BCUT2D eigenvalue weighted by Gasteiger charge is 2.29. The molecule has 2 nitrogen and oxygen atoms in total. The third kappa shape index (κ3) is 2.47. The molecule has 0 aromatic carbocycles. The Morgan fingerprint density at radius 3 is 2.27 bits per heavy atom. The van der Waals surface area contributed by atoms with E-state index in [1.807, 2.05) is 0 Å². The molecule has 1 heterocycles. The van der Waals surface area contributed by atoms with Crippen molar-refractivity contribution in [2.75, 3.05) is 6.26 Å². The van der Waals surface area contributed by atoms with Crippen molar-refractivity contribution < 1.29 is 8.42 Å². The van der Waals surface area contributed by atoms with E-state index in [2.05, 4.69) is 0 Å². The van der Waals surface area contributed by atoms with Gasteiger partial charge in [0, 0.05) is 0 Å². The van der Waals surface area contributed by atoms with Crippen molar-refractivity contribution in [3.05, 3.63) is 9.36 Å². The standard InChI is InChI=1S/C8H10Cl2O2S3/c1-4(2)15(11,12)6-5(9)7(10)14-8(6)13-3/h4H,1-3H3. The summed E-state index contributed by atoms with van der Waals surface area (Å²) < 4.78 is 25.0. The van der Waals surface area contributed by atoms with Gasteiger partial charge in [-0.3, -0.25) is 0 Å². The van der Waals surface area contributed by atoms with E-state index in [-0.39, 0.29) is 9.92 Å². The minimum atomic E-state index is -3.36. The molecular weight excluding hydrogens is 295 g/mol. The molecule has 0 atom stereocenters. The van der Waals surface area contributed by atoms with E-state index in [4.69, 9.17) is 23.2 Å². The Labute approximate surface area is 108 Å². The molecule has 0 aliphatic heterocycles. The fourth-order valence-electron chi connectivity index (χ4n) is 0.963. The zero-order valence-corrected chi connectivity index (χ0v) is 12.3. The minimum absolute atomic E-state index is 0.153. The Morgan fingerprint density at radius 2 is 1.87 bits per heavy atom. The fourth-order valence-corrected chi connectivity index (χ4v) is 5.74. The van der Waals surface area contributed by atoms with Crippen molar-refractivity contribution >= 4 is 56.1 Å². The summed E-state index contributed by atoms with van der Waals surface area (Å²) in [4.78, 5) is 0.182.